The van der Waals surface area contributed by atoms with Gasteiger partial charge in [0.15, 0.2) is 5.82 Å². The quantitative estimate of drug-likeness (QED) is 0.353. The van der Waals surface area contributed by atoms with Crippen LogP contribution in [0.1, 0.15) is 30.0 Å². The van der Waals surface area contributed by atoms with Crippen LogP contribution in [0.15, 0.2) is 72.8 Å². The number of benzene rings is 3. The van der Waals surface area contributed by atoms with Gasteiger partial charge in [-0.1, -0.05) is 48.5 Å². The highest BCUT2D eigenvalue weighted by atomic mass is 16.2. The molecule has 0 unspecified atom stereocenters. The fourth-order valence-corrected chi connectivity index (χ4v) is 4.17. The SMILES string of the molecule is CCN(CC)C(=O)c1ccc(-c2nnc(NCc3nc4ccccc4[nH]3)c3ccccc23)cc1. The average molecular weight is 451 g/mol. The van der Waals surface area contributed by atoms with Gasteiger partial charge in [-0.15, -0.1) is 10.2 Å². The van der Waals surface area contributed by atoms with E-state index in [0.717, 1.165) is 38.9 Å². The Morgan fingerprint density at radius 1 is 0.882 bits per heavy atom. The van der Waals surface area contributed by atoms with Crippen molar-refractivity contribution in [1.29, 1.82) is 0 Å². The molecule has 5 rings (SSSR count). The Balaban J connectivity index is 1.42. The van der Waals surface area contributed by atoms with Gasteiger partial charge in [0.05, 0.1) is 17.6 Å². The maximum absolute atomic E-state index is 12.6. The predicted octanol–water partition coefficient (Wildman–Crippen LogP) is 5.27. The Labute approximate surface area is 197 Å². The van der Waals surface area contributed by atoms with E-state index in [-0.39, 0.29) is 5.91 Å². The van der Waals surface area contributed by atoms with Crippen molar-refractivity contribution in [1.82, 2.24) is 25.1 Å². The van der Waals surface area contributed by atoms with Crippen molar-refractivity contribution >= 4 is 33.5 Å². The molecule has 0 spiro atoms. The Kier molecular flexibility index (Phi) is 5.91. The summed E-state index contributed by atoms with van der Waals surface area (Å²) < 4.78 is 0. The zero-order valence-electron chi connectivity index (χ0n) is 19.2. The number of hydrogen-bond acceptors (Lipinski definition) is 5. The highest BCUT2D eigenvalue weighted by Gasteiger charge is 2.15. The minimum absolute atomic E-state index is 0.0395. The molecule has 0 aliphatic heterocycles. The molecule has 170 valence electrons. The fourth-order valence-electron chi connectivity index (χ4n) is 4.17. The Morgan fingerprint density at radius 3 is 2.32 bits per heavy atom. The van der Waals surface area contributed by atoms with Gasteiger partial charge in [-0.25, -0.2) is 4.98 Å². The normalized spacial score (nSPS) is 11.1. The van der Waals surface area contributed by atoms with Crippen LogP contribution in [0.2, 0.25) is 0 Å². The van der Waals surface area contributed by atoms with E-state index in [1.165, 1.54) is 0 Å². The maximum atomic E-state index is 12.6. The van der Waals surface area contributed by atoms with Gasteiger partial charge in [0.1, 0.15) is 11.5 Å². The summed E-state index contributed by atoms with van der Waals surface area (Å²) in [6.07, 6.45) is 0. The van der Waals surface area contributed by atoms with Crippen molar-refractivity contribution in [2.75, 3.05) is 18.4 Å². The molecule has 0 fully saturated rings. The third-order valence-electron chi connectivity index (χ3n) is 6.00. The lowest BCUT2D eigenvalue weighted by Crippen LogP contribution is -2.30. The van der Waals surface area contributed by atoms with E-state index in [0.29, 0.717) is 31.0 Å². The maximum Gasteiger partial charge on any atom is 0.253 e. The van der Waals surface area contributed by atoms with Crippen molar-refractivity contribution in [3.8, 4) is 11.3 Å². The van der Waals surface area contributed by atoms with Crippen LogP contribution in [0.3, 0.4) is 0 Å². The largest absolute Gasteiger partial charge is 0.361 e. The van der Waals surface area contributed by atoms with Crippen LogP contribution in [0, 0.1) is 0 Å². The van der Waals surface area contributed by atoms with Crippen molar-refractivity contribution in [2.24, 2.45) is 0 Å². The molecular weight excluding hydrogens is 424 g/mol. The smallest absolute Gasteiger partial charge is 0.253 e. The van der Waals surface area contributed by atoms with E-state index in [1.54, 1.807) is 0 Å². The number of fused-ring (bicyclic) bond motifs is 2. The first kappa shape index (κ1) is 21.6. The molecule has 5 aromatic rings. The van der Waals surface area contributed by atoms with Crippen molar-refractivity contribution in [3.63, 3.8) is 0 Å². The third kappa shape index (κ3) is 4.08. The van der Waals surface area contributed by atoms with Crippen molar-refractivity contribution in [2.45, 2.75) is 20.4 Å². The number of carbonyl (C=O) groups is 1. The number of aromatic nitrogens is 4. The van der Waals surface area contributed by atoms with Crippen molar-refractivity contribution < 1.29 is 4.79 Å². The van der Waals surface area contributed by atoms with E-state index < -0.39 is 0 Å². The molecule has 7 nitrogen and oxygen atoms in total. The second-order valence-corrected chi connectivity index (χ2v) is 8.05. The molecule has 2 N–H and O–H groups in total. The summed E-state index contributed by atoms with van der Waals surface area (Å²) in [5.74, 6) is 1.58. The van der Waals surface area contributed by atoms with Gasteiger partial charge >= 0.3 is 0 Å². The minimum atomic E-state index is 0.0395. The summed E-state index contributed by atoms with van der Waals surface area (Å²) in [5.41, 5.74) is 4.33. The van der Waals surface area contributed by atoms with E-state index in [2.05, 4.69) is 25.5 Å². The number of rotatable bonds is 7. The van der Waals surface area contributed by atoms with Gasteiger partial charge < -0.3 is 15.2 Å². The van der Waals surface area contributed by atoms with E-state index >= 15 is 0 Å². The summed E-state index contributed by atoms with van der Waals surface area (Å²) in [6, 6.07) is 23.6. The first-order chi connectivity index (χ1) is 16.7. The number of H-pyrrole nitrogens is 1. The number of amides is 1. The van der Waals surface area contributed by atoms with Gasteiger partial charge in [-0.2, -0.15) is 0 Å². The van der Waals surface area contributed by atoms with Gasteiger partial charge in [0.25, 0.3) is 5.91 Å². The van der Waals surface area contributed by atoms with Crippen LogP contribution in [-0.2, 0) is 6.54 Å². The second-order valence-electron chi connectivity index (χ2n) is 8.05. The topological polar surface area (TPSA) is 86.8 Å². The van der Waals surface area contributed by atoms with Gasteiger partial charge in [0.2, 0.25) is 0 Å². The van der Waals surface area contributed by atoms with Crippen LogP contribution in [-0.4, -0.2) is 44.1 Å². The molecule has 34 heavy (non-hydrogen) atoms. The number of para-hydroxylation sites is 2. The minimum Gasteiger partial charge on any atom is -0.361 e. The summed E-state index contributed by atoms with van der Waals surface area (Å²) in [7, 11) is 0. The highest BCUT2D eigenvalue weighted by Crippen LogP contribution is 2.30. The lowest BCUT2D eigenvalue weighted by molar-refractivity contribution is 0.0773. The summed E-state index contributed by atoms with van der Waals surface area (Å²) in [5, 5.41) is 14.4. The van der Waals surface area contributed by atoms with Gasteiger partial charge in [0, 0.05) is 35.0 Å². The number of nitrogens with zero attached hydrogens (tertiary/aromatic N) is 4. The molecule has 2 heterocycles. The van der Waals surface area contributed by atoms with Gasteiger partial charge in [-0.05, 0) is 38.1 Å². The van der Waals surface area contributed by atoms with Crippen LogP contribution < -0.4 is 5.32 Å². The number of aromatic amines is 1. The zero-order valence-corrected chi connectivity index (χ0v) is 19.2. The highest BCUT2D eigenvalue weighted by molar-refractivity contribution is 6.00. The van der Waals surface area contributed by atoms with Crippen LogP contribution >= 0.6 is 0 Å². The molecule has 2 aromatic heterocycles. The number of imidazole rings is 1. The molecule has 0 aliphatic rings. The van der Waals surface area contributed by atoms with E-state index in [4.69, 9.17) is 0 Å². The molecule has 1 amide bonds. The van der Waals surface area contributed by atoms with E-state index in [1.807, 2.05) is 91.5 Å². The molecule has 0 saturated heterocycles. The Hall–Kier alpha value is -4.26. The number of carbonyl (C=O) groups excluding carboxylic acids is 1. The molecule has 3 aromatic carbocycles. The monoisotopic (exact) mass is 450 g/mol. The molecule has 0 atom stereocenters. The first-order valence-corrected chi connectivity index (χ1v) is 11.5. The Bertz CT molecular complexity index is 1420. The van der Waals surface area contributed by atoms with E-state index in [9.17, 15) is 4.79 Å². The van der Waals surface area contributed by atoms with Crippen LogP contribution in [0.5, 0.6) is 0 Å². The number of anilines is 1. The molecule has 0 bridgehead atoms. The number of nitrogens with one attached hydrogen (secondary N) is 2. The molecule has 0 aliphatic carbocycles. The number of hydrogen-bond donors (Lipinski definition) is 2. The van der Waals surface area contributed by atoms with Crippen molar-refractivity contribution in [3.05, 3.63) is 84.2 Å². The summed E-state index contributed by atoms with van der Waals surface area (Å²) in [4.78, 5) is 22.4. The standard InChI is InChI=1S/C27H26N6O/c1-3-33(4-2)27(34)19-15-13-18(14-16-19)25-20-9-5-6-10-21(20)26(32-31-25)28-17-24-29-22-11-7-8-12-23(22)30-24/h5-16H,3-4,17H2,1-2H3,(H,28,32)(H,29,30). The second kappa shape index (κ2) is 9.31. The van der Waals surface area contributed by atoms with Crippen LogP contribution in [0.25, 0.3) is 33.1 Å². The molecule has 7 heteroatoms. The third-order valence-corrected chi connectivity index (χ3v) is 6.00. The van der Waals surface area contributed by atoms with Gasteiger partial charge in [-0.3, -0.25) is 4.79 Å². The summed E-state index contributed by atoms with van der Waals surface area (Å²) in [6.45, 7) is 5.86. The lowest BCUT2D eigenvalue weighted by atomic mass is 10.0. The Morgan fingerprint density at radius 2 is 1.59 bits per heavy atom. The molecular formula is C27H26N6O. The van der Waals surface area contributed by atoms with Crippen LogP contribution in [0.4, 0.5) is 5.82 Å². The first-order valence-electron chi connectivity index (χ1n) is 11.5. The summed E-state index contributed by atoms with van der Waals surface area (Å²) >= 11 is 0. The fraction of sp³-hybridized carbons (Fsp3) is 0.185. The lowest BCUT2D eigenvalue weighted by Gasteiger charge is -2.18. The molecule has 0 radical (unpaired) electrons. The molecule has 0 saturated carbocycles. The average Bonchev–Trinajstić information content (AvgIpc) is 3.31. The predicted molar refractivity (Wildman–Crippen MR) is 136 cm³/mol. The zero-order chi connectivity index (χ0) is 23.5.